The van der Waals surface area contributed by atoms with Crippen LogP contribution in [-0.4, -0.2) is 16.6 Å². The van der Waals surface area contributed by atoms with Gasteiger partial charge in [0.25, 0.3) is 0 Å². The van der Waals surface area contributed by atoms with E-state index >= 15 is 0 Å². The molecule has 0 atom stereocenters. The SMILES string of the molecule is CC(=O)Nc1ccc(OC(C)C)c([CH]=[Ru]([Cl])[Cl])c1. The number of carbonyl (C=O) groups is 1. The van der Waals surface area contributed by atoms with Crippen molar-refractivity contribution in [3.63, 3.8) is 0 Å². The molecule has 1 N–H and O–H groups in total. The second-order valence-electron chi connectivity index (χ2n) is 3.91. The van der Waals surface area contributed by atoms with E-state index in [0.717, 1.165) is 11.3 Å². The summed E-state index contributed by atoms with van der Waals surface area (Å²) in [5.74, 6) is 0.600. The second kappa shape index (κ2) is 7.23. The van der Waals surface area contributed by atoms with E-state index < -0.39 is 13.5 Å². The van der Waals surface area contributed by atoms with Crippen molar-refractivity contribution in [3.8, 4) is 5.75 Å². The molecule has 0 aromatic heterocycles. The maximum absolute atomic E-state index is 11.0. The number of hydrogen-bond donors (Lipinski definition) is 1. The first kappa shape index (κ1) is 15.6. The standard InChI is InChI=1S/C12H15NO2.2ClH.Ru/c1-8(2)15-12-6-5-11(7-9(12)3)13-10(4)14;;;/h3,5-8H,1-2,4H3,(H,13,14);2*1H;/q;;;+2/p-2. The van der Waals surface area contributed by atoms with Crippen molar-refractivity contribution >= 4 is 35.6 Å². The molecule has 1 rings (SSSR count). The minimum absolute atomic E-state index is 0.0649. The molecule has 0 unspecified atom stereocenters. The van der Waals surface area contributed by atoms with Crippen molar-refractivity contribution in [2.45, 2.75) is 26.9 Å². The average molecular weight is 377 g/mol. The maximum atomic E-state index is 11.0. The number of ether oxygens (including phenoxy) is 1. The summed E-state index contributed by atoms with van der Waals surface area (Å²) in [5, 5.41) is 2.71. The summed E-state index contributed by atoms with van der Waals surface area (Å²) in [6.45, 7) is 5.35. The molecule has 0 saturated carbocycles. The number of amides is 1. The van der Waals surface area contributed by atoms with Gasteiger partial charge in [0.05, 0.1) is 0 Å². The molecule has 0 radical (unpaired) electrons. The van der Waals surface area contributed by atoms with E-state index in [2.05, 4.69) is 5.32 Å². The molecular weight excluding hydrogens is 362 g/mol. The summed E-state index contributed by atoms with van der Waals surface area (Å²) in [4.78, 5) is 11.0. The van der Waals surface area contributed by atoms with Gasteiger partial charge < -0.3 is 0 Å². The molecule has 0 fully saturated rings. The second-order valence-corrected chi connectivity index (χ2v) is 9.63. The fourth-order valence-electron chi connectivity index (χ4n) is 1.35. The van der Waals surface area contributed by atoms with Crippen molar-refractivity contribution in [2.75, 3.05) is 5.32 Å². The zero-order valence-corrected chi connectivity index (χ0v) is 13.6. The predicted molar refractivity (Wildman–Crippen MR) is 73.4 cm³/mol. The van der Waals surface area contributed by atoms with Crippen molar-refractivity contribution in [1.82, 2.24) is 0 Å². The molecule has 0 aliphatic rings. The Kier molecular flexibility index (Phi) is 6.27. The topological polar surface area (TPSA) is 38.3 Å². The van der Waals surface area contributed by atoms with E-state index in [1.54, 1.807) is 10.7 Å². The number of anilines is 1. The normalized spacial score (nSPS) is 11.1. The first-order chi connectivity index (χ1) is 8.38. The molecule has 102 valence electrons. The molecule has 0 heterocycles. The Labute approximate surface area is 120 Å². The van der Waals surface area contributed by atoms with E-state index in [9.17, 15) is 4.79 Å². The molecule has 18 heavy (non-hydrogen) atoms. The Bertz CT molecular complexity index is 471. The van der Waals surface area contributed by atoms with Gasteiger partial charge in [-0.3, -0.25) is 0 Å². The number of halogens is 2. The van der Waals surface area contributed by atoms with Crippen LogP contribution in [0.5, 0.6) is 5.75 Å². The fraction of sp³-hybridized carbons (Fsp3) is 0.333. The van der Waals surface area contributed by atoms with E-state index in [4.69, 9.17) is 24.1 Å². The van der Waals surface area contributed by atoms with Gasteiger partial charge in [-0.05, 0) is 0 Å². The molecule has 1 aromatic rings. The van der Waals surface area contributed by atoms with Crippen LogP contribution >= 0.6 is 19.4 Å². The van der Waals surface area contributed by atoms with Crippen LogP contribution in [-0.2, 0) is 18.3 Å². The molecule has 6 heteroatoms. The first-order valence-corrected chi connectivity index (χ1v) is 10.8. The Morgan fingerprint density at radius 2 is 2.11 bits per heavy atom. The molecule has 0 aliphatic heterocycles. The monoisotopic (exact) mass is 377 g/mol. The van der Waals surface area contributed by atoms with Crippen molar-refractivity contribution in [1.29, 1.82) is 0 Å². The zero-order valence-electron chi connectivity index (χ0n) is 10.3. The summed E-state index contributed by atoms with van der Waals surface area (Å²) in [6, 6.07) is 5.41. The molecule has 3 nitrogen and oxygen atoms in total. The summed E-state index contributed by atoms with van der Waals surface area (Å²) >= 11 is -1.94. The quantitative estimate of drug-likeness (QED) is 0.816. The van der Waals surface area contributed by atoms with Gasteiger partial charge in [-0.15, -0.1) is 0 Å². The van der Waals surface area contributed by atoms with Crippen LogP contribution < -0.4 is 10.1 Å². The number of nitrogens with one attached hydrogen (secondary N) is 1. The molecule has 1 amide bonds. The molecule has 0 aliphatic carbocycles. The Morgan fingerprint density at radius 1 is 1.44 bits per heavy atom. The van der Waals surface area contributed by atoms with Crippen LogP contribution in [0.1, 0.15) is 26.3 Å². The van der Waals surface area contributed by atoms with Crippen LogP contribution in [0.2, 0.25) is 0 Å². The predicted octanol–water partition coefficient (Wildman–Crippen LogP) is 3.51. The Hall–Kier alpha value is -0.437. The van der Waals surface area contributed by atoms with Gasteiger partial charge in [0.1, 0.15) is 0 Å². The number of benzene rings is 1. The molecule has 1 aromatic carbocycles. The van der Waals surface area contributed by atoms with E-state index in [1.807, 2.05) is 26.0 Å². The number of carbonyl (C=O) groups excluding carboxylic acids is 1. The van der Waals surface area contributed by atoms with E-state index in [-0.39, 0.29) is 12.0 Å². The zero-order chi connectivity index (χ0) is 13.7. The molecule has 0 bridgehead atoms. The molecular formula is C12H15Cl2NO2Ru. The van der Waals surface area contributed by atoms with E-state index in [1.165, 1.54) is 6.92 Å². The van der Waals surface area contributed by atoms with Gasteiger partial charge in [0, 0.05) is 0 Å². The van der Waals surface area contributed by atoms with Crippen LogP contribution in [0.3, 0.4) is 0 Å². The Morgan fingerprint density at radius 3 is 2.61 bits per heavy atom. The van der Waals surface area contributed by atoms with Crippen molar-refractivity contribution in [3.05, 3.63) is 23.8 Å². The van der Waals surface area contributed by atoms with Gasteiger partial charge >= 0.3 is 120 Å². The number of hydrogen-bond acceptors (Lipinski definition) is 2. The average Bonchev–Trinajstić information content (AvgIpc) is 2.19. The third-order valence-electron chi connectivity index (χ3n) is 1.88. The molecule has 0 saturated heterocycles. The minimum atomic E-state index is -1.94. The summed E-state index contributed by atoms with van der Waals surface area (Å²) in [6.07, 6.45) is 0.0649. The third-order valence-corrected chi connectivity index (χ3v) is 3.71. The van der Waals surface area contributed by atoms with Crippen LogP contribution in [0.15, 0.2) is 18.2 Å². The van der Waals surface area contributed by atoms with Crippen LogP contribution in [0.4, 0.5) is 5.69 Å². The van der Waals surface area contributed by atoms with Gasteiger partial charge in [-0.25, -0.2) is 0 Å². The fourth-order valence-corrected chi connectivity index (χ4v) is 3.14. The van der Waals surface area contributed by atoms with Gasteiger partial charge in [-0.1, -0.05) is 0 Å². The summed E-state index contributed by atoms with van der Waals surface area (Å²) in [7, 11) is 11.8. The first-order valence-electron chi connectivity index (χ1n) is 5.30. The van der Waals surface area contributed by atoms with Crippen molar-refractivity contribution < 1.29 is 23.0 Å². The molecule has 0 spiro atoms. The third kappa shape index (κ3) is 5.47. The van der Waals surface area contributed by atoms with Crippen LogP contribution in [0, 0.1) is 0 Å². The van der Waals surface area contributed by atoms with Gasteiger partial charge in [-0.2, -0.15) is 0 Å². The summed E-state index contributed by atoms with van der Waals surface area (Å²) in [5.41, 5.74) is 1.52. The van der Waals surface area contributed by atoms with E-state index in [0.29, 0.717) is 5.69 Å². The van der Waals surface area contributed by atoms with Crippen molar-refractivity contribution in [2.24, 2.45) is 0 Å². The van der Waals surface area contributed by atoms with Gasteiger partial charge in [0.2, 0.25) is 0 Å². The summed E-state index contributed by atoms with van der Waals surface area (Å²) < 4.78 is 7.47. The van der Waals surface area contributed by atoms with Gasteiger partial charge in [0.15, 0.2) is 0 Å². The van der Waals surface area contributed by atoms with Crippen LogP contribution in [0.25, 0.3) is 0 Å². The Balaban J connectivity index is 3.11. The number of rotatable bonds is 4.